The molecule has 0 saturated carbocycles. The van der Waals surface area contributed by atoms with Crippen molar-refractivity contribution < 1.29 is 0 Å². The molecule has 0 aliphatic heterocycles. The zero-order valence-corrected chi connectivity index (χ0v) is 5.75. The second kappa shape index (κ2) is 15.6. The minimum atomic E-state index is 0.585. The molecule has 0 aliphatic rings. The molecule has 0 heterocycles. The predicted molar refractivity (Wildman–Crippen MR) is 36.4 cm³/mol. The number of rotatable bonds is 3. The molecule has 10 heavy (non-hydrogen) atoms. The van der Waals surface area contributed by atoms with Gasteiger partial charge >= 0.3 is 0 Å². The molecule has 0 rings (SSSR count). The topological polar surface area (TPSA) is 71.4 Å². The van der Waals surface area contributed by atoms with Crippen molar-refractivity contribution >= 4 is 0 Å². The van der Waals surface area contributed by atoms with Crippen LogP contribution in [-0.4, -0.2) is 0 Å². The number of nitrogens with zero attached hydrogens (tertiary/aromatic N) is 3. The van der Waals surface area contributed by atoms with E-state index in [4.69, 9.17) is 15.8 Å². The van der Waals surface area contributed by atoms with Gasteiger partial charge in [-0.05, 0) is 12.8 Å². The van der Waals surface area contributed by atoms with Crippen molar-refractivity contribution in [3.63, 3.8) is 0 Å². The van der Waals surface area contributed by atoms with E-state index >= 15 is 0 Å². The standard InChI is InChI=1S/C6H8N2.CHN/c7-5-3-1-2-4-6-8;1-2/h1-4H2;1H. The highest BCUT2D eigenvalue weighted by molar-refractivity contribution is 4.72. The summed E-state index contributed by atoms with van der Waals surface area (Å²) in [5.74, 6) is 0. The summed E-state index contributed by atoms with van der Waals surface area (Å²) in [5.41, 5.74) is 0. The molecule has 52 valence electrons. The molecule has 0 aromatic heterocycles. The lowest BCUT2D eigenvalue weighted by molar-refractivity contribution is 0.773. The highest BCUT2D eigenvalue weighted by Crippen LogP contribution is 1.95. The van der Waals surface area contributed by atoms with E-state index in [2.05, 4.69) is 6.57 Å². The minimum absolute atomic E-state index is 0.585. The number of unbranched alkanes of at least 4 members (excludes halogenated alkanes) is 3. The summed E-state index contributed by atoms with van der Waals surface area (Å²) in [6, 6.07) is 4.03. The lowest BCUT2D eigenvalue weighted by Crippen LogP contribution is -1.70. The smallest absolute Gasteiger partial charge is 0.0621 e. The first-order chi connectivity index (χ1) is 4.91. The average Bonchev–Trinajstić information content (AvgIpc) is 2.02. The Morgan fingerprint density at radius 1 is 0.900 bits per heavy atom. The van der Waals surface area contributed by atoms with Gasteiger partial charge in [-0.15, -0.1) is 0 Å². The third-order valence-corrected chi connectivity index (χ3v) is 0.827. The van der Waals surface area contributed by atoms with E-state index in [0.717, 1.165) is 12.8 Å². The first kappa shape index (κ1) is 11.3. The predicted octanol–water partition coefficient (Wildman–Crippen LogP) is 1.73. The second-order valence-corrected chi connectivity index (χ2v) is 1.52. The van der Waals surface area contributed by atoms with Crippen LogP contribution in [0.5, 0.6) is 0 Å². The molecule has 0 amide bonds. The monoisotopic (exact) mass is 135 g/mol. The summed E-state index contributed by atoms with van der Waals surface area (Å²) in [7, 11) is 0. The van der Waals surface area contributed by atoms with Crippen LogP contribution in [-0.2, 0) is 0 Å². The van der Waals surface area contributed by atoms with Gasteiger partial charge in [0.25, 0.3) is 0 Å². The van der Waals surface area contributed by atoms with Crippen LogP contribution in [0.1, 0.15) is 25.7 Å². The number of hydrogen-bond donors (Lipinski definition) is 0. The van der Waals surface area contributed by atoms with Crippen LogP contribution < -0.4 is 0 Å². The summed E-state index contributed by atoms with van der Waals surface area (Å²) in [4.78, 5) is 0. The van der Waals surface area contributed by atoms with Crippen molar-refractivity contribution in [1.82, 2.24) is 0 Å². The van der Waals surface area contributed by atoms with E-state index in [1.54, 1.807) is 0 Å². The van der Waals surface area contributed by atoms with Crippen molar-refractivity contribution in [2.75, 3.05) is 0 Å². The summed E-state index contributed by atoms with van der Waals surface area (Å²) in [6.07, 6.45) is 2.90. The Kier molecular flexibility index (Phi) is 17.7. The molecule has 0 aromatic carbocycles. The lowest BCUT2D eigenvalue weighted by atomic mass is 10.2. The normalized spacial score (nSPS) is 6.00. The quantitative estimate of drug-likeness (QED) is 0.553. The second-order valence-electron chi connectivity index (χ2n) is 1.52. The van der Waals surface area contributed by atoms with Gasteiger partial charge in [0, 0.05) is 19.4 Å². The molecule has 3 nitrogen and oxygen atoms in total. The molecule has 0 unspecified atom stereocenters. The Morgan fingerprint density at radius 3 is 1.40 bits per heavy atom. The van der Waals surface area contributed by atoms with Crippen LogP contribution in [0.3, 0.4) is 0 Å². The van der Waals surface area contributed by atoms with Gasteiger partial charge in [0.15, 0.2) is 0 Å². The average molecular weight is 135 g/mol. The molecule has 0 fully saturated rings. The number of nitriles is 3. The van der Waals surface area contributed by atoms with Gasteiger partial charge in [-0.3, -0.25) is 0 Å². The van der Waals surface area contributed by atoms with Crippen LogP contribution in [0, 0.1) is 34.5 Å². The van der Waals surface area contributed by atoms with Crippen molar-refractivity contribution in [2.45, 2.75) is 25.7 Å². The summed E-state index contributed by atoms with van der Waals surface area (Å²) >= 11 is 0. The largest absolute Gasteiger partial charge is 0.202 e. The van der Waals surface area contributed by atoms with Crippen molar-refractivity contribution in [2.24, 2.45) is 0 Å². The zero-order valence-electron chi connectivity index (χ0n) is 5.75. The van der Waals surface area contributed by atoms with Gasteiger partial charge in [0.2, 0.25) is 0 Å². The molecule has 0 atom stereocenters. The molecular weight excluding hydrogens is 126 g/mol. The van der Waals surface area contributed by atoms with Crippen molar-refractivity contribution in [3.8, 4) is 18.7 Å². The van der Waals surface area contributed by atoms with Gasteiger partial charge < -0.3 is 0 Å². The van der Waals surface area contributed by atoms with E-state index in [1.807, 2.05) is 12.1 Å². The van der Waals surface area contributed by atoms with Gasteiger partial charge in [-0.2, -0.15) is 10.5 Å². The maximum atomic E-state index is 8.03. The molecule has 0 N–H and O–H groups in total. The first-order valence-electron chi connectivity index (χ1n) is 2.91. The van der Waals surface area contributed by atoms with Gasteiger partial charge in [0.05, 0.1) is 12.1 Å². The van der Waals surface area contributed by atoms with Crippen LogP contribution >= 0.6 is 0 Å². The van der Waals surface area contributed by atoms with Crippen LogP contribution in [0.15, 0.2) is 0 Å². The van der Waals surface area contributed by atoms with Gasteiger partial charge in [-0.25, -0.2) is 5.26 Å². The minimum Gasteiger partial charge on any atom is -0.202 e. The van der Waals surface area contributed by atoms with E-state index in [-0.39, 0.29) is 0 Å². The summed E-state index contributed by atoms with van der Waals surface area (Å²) in [5, 5.41) is 22.6. The SMILES string of the molecule is C#N.N#CCCCCC#N. The first-order valence-corrected chi connectivity index (χ1v) is 2.91. The van der Waals surface area contributed by atoms with Gasteiger partial charge in [-0.1, -0.05) is 0 Å². The molecule has 0 aliphatic carbocycles. The Labute approximate surface area is 61.1 Å². The van der Waals surface area contributed by atoms with Crippen molar-refractivity contribution in [1.29, 1.82) is 15.8 Å². The third kappa shape index (κ3) is 16.1. The Morgan fingerprint density at radius 2 is 1.20 bits per heavy atom. The molecular formula is C7H9N3. The fourth-order valence-electron chi connectivity index (χ4n) is 0.408. The van der Waals surface area contributed by atoms with E-state index in [0.29, 0.717) is 12.8 Å². The van der Waals surface area contributed by atoms with E-state index < -0.39 is 0 Å². The van der Waals surface area contributed by atoms with Crippen molar-refractivity contribution in [3.05, 3.63) is 0 Å². The number of hydrogen-bond acceptors (Lipinski definition) is 3. The Hall–Kier alpha value is -1.53. The summed E-state index contributed by atoms with van der Waals surface area (Å²) in [6.45, 7) is 3.50. The highest BCUT2D eigenvalue weighted by atomic mass is 14.2. The molecule has 0 spiro atoms. The van der Waals surface area contributed by atoms with Crippen LogP contribution in [0.25, 0.3) is 0 Å². The van der Waals surface area contributed by atoms with Gasteiger partial charge in [0.1, 0.15) is 0 Å². The van der Waals surface area contributed by atoms with E-state index in [1.165, 1.54) is 0 Å². The molecule has 0 saturated heterocycles. The Balaban J connectivity index is 0. The Bertz CT molecular complexity index is 130. The van der Waals surface area contributed by atoms with Crippen LogP contribution in [0.4, 0.5) is 0 Å². The fourth-order valence-corrected chi connectivity index (χ4v) is 0.408. The van der Waals surface area contributed by atoms with E-state index in [9.17, 15) is 0 Å². The van der Waals surface area contributed by atoms with Crippen LogP contribution in [0.2, 0.25) is 0 Å². The fraction of sp³-hybridized carbons (Fsp3) is 0.571. The highest BCUT2D eigenvalue weighted by Gasteiger charge is 1.83. The zero-order chi connectivity index (χ0) is 8.24. The lowest BCUT2D eigenvalue weighted by Gasteiger charge is -1.83. The molecule has 0 aromatic rings. The molecule has 0 radical (unpaired) electrons. The maximum Gasteiger partial charge on any atom is 0.0621 e. The molecule has 0 bridgehead atoms. The summed E-state index contributed by atoms with van der Waals surface area (Å²) < 4.78 is 0. The maximum absolute atomic E-state index is 8.03. The third-order valence-electron chi connectivity index (χ3n) is 0.827. The molecule has 3 heteroatoms.